The molecule has 8 nitrogen and oxygen atoms in total. The zero-order valence-electron chi connectivity index (χ0n) is 16.3. The Morgan fingerprint density at radius 1 is 1.03 bits per heavy atom. The fraction of sp³-hybridized carbons (Fsp3) is 0.350. The van der Waals surface area contributed by atoms with Crippen molar-refractivity contribution in [2.24, 2.45) is 0 Å². The van der Waals surface area contributed by atoms with Gasteiger partial charge in [0.25, 0.3) is 11.6 Å². The van der Waals surface area contributed by atoms with Crippen LogP contribution in [0.1, 0.15) is 40.7 Å². The second kappa shape index (κ2) is 8.30. The number of carbonyl (C=O) groups is 1. The second-order valence-corrected chi connectivity index (χ2v) is 9.06. The lowest BCUT2D eigenvalue weighted by molar-refractivity contribution is -0.384. The van der Waals surface area contributed by atoms with Crippen LogP contribution in [0.15, 0.2) is 41.3 Å². The van der Waals surface area contributed by atoms with E-state index in [9.17, 15) is 23.3 Å². The first-order valence-electron chi connectivity index (χ1n) is 9.37. The molecule has 1 amide bonds. The fourth-order valence-electron chi connectivity index (χ4n) is 3.32. The Labute approximate surface area is 169 Å². The van der Waals surface area contributed by atoms with Gasteiger partial charge in [-0.15, -0.1) is 0 Å². The van der Waals surface area contributed by atoms with Crippen LogP contribution < -0.4 is 5.32 Å². The summed E-state index contributed by atoms with van der Waals surface area (Å²) in [7, 11) is -3.68. The molecule has 1 N–H and O–H groups in total. The van der Waals surface area contributed by atoms with Crippen molar-refractivity contribution < 1.29 is 18.1 Å². The molecule has 9 heteroatoms. The summed E-state index contributed by atoms with van der Waals surface area (Å²) in [5.41, 5.74) is 1.58. The van der Waals surface area contributed by atoms with Gasteiger partial charge in [0.1, 0.15) is 0 Å². The molecule has 0 bridgehead atoms. The average molecular weight is 417 g/mol. The predicted octanol–water partition coefficient (Wildman–Crippen LogP) is 3.64. The van der Waals surface area contributed by atoms with Crippen molar-refractivity contribution in [3.63, 3.8) is 0 Å². The van der Waals surface area contributed by atoms with Crippen LogP contribution in [-0.4, -0.2) is 36.6 Å². The third-order valence-electron chi connectivity index (χ3n) is 5.06. The molecule has 154 valence electrons. The highest BCUT2D eigenvalue weighted by Gasteiger charge is 2.28. The summed E-state index contributed by atoms with van der Waals surface area (Å²) in [5, 5.41) is 13.6. The number of aryl methyl sites for hydroxylation is 2. The molecular formula is C20H23N3O5S. The van der Waals surface area contributed by atoms with E-state index < -0.39 is 20.9 Å². The highest BCUT2D eigenvalue weighted by Crippen LogP contribution is 2.26. The Bertz CT molecular complexity index is 1060. The zero-order chi connectivity index (χ0) is 21.2. The third kappa shape index (κ3) is 4.46. The fourth-order valence-corrected chi connectivity index (χ4v) is 5.08. The second-order valence-electron chi connectivity index (χ2n) is 7.16. The normalized spacial score (nSPS) is 15.1. The molecule has 1 heterocycles. The van der Waals surface area contributed by atoms with Gasteiger partial charge in [0.2, 0.25) is 10.0 Å². The van der Waals surface area contributed by atoms with Crippen molar-refractivity contribution in [2.75, 3.05) is 18.4 Å². The first-order chi connectivity index (χ1) is 13.7. The summed E-state index contributed by atoms with van der Waals surface area (Å²) in [5.74, 6) is -0.524. The number of sulfonamides is 1. The molecule has 0 saturated carbocycles. The van der Waals surface area contributed by atoms with Crippen molar-refractivity contribution in [1.82, 2.24) is 4.31 Å². The monoisotopic (exact) mass is 417 g/mol. The minimum atomic E-state index is -3.68. The molecule has 3 rings (SSSR count). The van der Waals surface area contributed by atoms with Crippen molar-refractivity contribution in [3.8, 4) is 0 Å². The number of piperidine rings is 1. The summed E-state index contributed by atoms with van der Waals surface area (Å²) >= 11 is 0. The summed E-state index contributed by atoms with van der Waals surface area (Å²) < 4.78 is 27.5. The highest BCUT2D eigenvalue weighted by molar-refractivity contribution is 7.89. The number of nitro groups is 1. The van der Waals surface area contributed by atoms with Gasteiger partial charge in [0.05, 0.1) is 15.5 Å². The lowest BCUT2D eigenvalue weighted by atomic mass is 10.1. The molecule has 1 fully saturated rings. The zero-order valence-corrected chi connectivity index (χ0v) is 17.2. The van der Waals surface area contributed by atoms with E-state index in [1.165, 1.54) is 22.5 Å². The Balaban J connectivity index is 1.90. The van der Waals surface area contributed by atoms with Crippen LogP contribution in [0, 0.1) is 24.0 Å². The lowest BCUT2D eigenvalue weighted by Crippen LogP contribution is -2.36. The number of amides is 1. The number of anilines is 1. The SMILES string of the molecule is Cc1ccc([N+](=O)[O-])cc1NC(=O)c1ccc(C)c(S(=O)(=O)N2CCCCC2)c1. The van der Waals surface area contributed by atoms with Crippen LogP contribution in [0.3, 0.4) is 0 Å². The number of benzene rings is 2. The maximum absolute atomic E-state index is 13.0. The molecule has 1 saturated heterocycles. The maximum atomic E-state index is 13.0. The van der Waals surface area contributed by atoms with E-state index in [0.717, 1.165) is 19.3 Å². The molecule has 2 aromatic rings. The van der Waals surface area contributed by atoms with Crippen molar-refractivity contribution >= 4 is 27.3 Å². The van der Waals surface area contributed by atoms with E-state index in [1.807, 2.05) is 0 Å². The number of hydrogen-bond donors (Lipinski definition) is 1. The Hall–Kier alpha value is -2.78. The molecule has 1 aliphatic rings. The number of nitro benzene ring substituents is 1. The summed E-state index contributed by atoms with van der Waals surface area (Å²) in [6.45, 7) is 4.38. The van der Waals surface area contributed by atoms with Gasteiger partial charge in [-0.05, 0) is 49.9 Å². The van der Waals surface area contributed by atoms with Crippen molar-refractivity contribution in [1.29, 1.82) is 0 Å². The number of nitrogens with zero attached hydrogens (tertiary/aromatic N) is 2. The first kappa shape index (κ1) is 20.9. The molecule has 1 aliphatic heterocycles. The van der Waals surface area contributed by atoms with Gasteiger partial charge in [-0.3, -0.25) is 14.9 Å². The molecule has 0 spiro atoms. The predicted molar refractivity (Wildman–Crippen MR) is 110 cm³/mol. The van der Waals surface area contributed by atoms with Crippen LogP contribution in [0.25, 0.3) is 0 Å². The van der Waals surface area contributed by atoms with Crippen LogP contribution in [0.4, 0.5) is 11.4 Å². The molecule has 0 unspecified atom stereocenters. The van der Waals surface area contributed by atoms with E-state index in [0.29, 0.717) is 29.9 Å². The van der Waals surface area contributed by atoms with Gasteiger partial charge in [0.15, 0.2) is 0 Å². The summed E-state index contributed by atoms with van der Waals surface area (Å²) in [4.78, 5) is 23.3. The van der Waals surface area contributed by atoms with Gasteiger partial charge < -0.3 is 5.32 Å². The van der Waals surface area contributed by atoms with Gasteiger partial charge in [-0.2, -0.15) is 4.31 Å². The minimum Gasteiger partial charge on any atom is -0.321 e. The number of carbonyl (C=O) groups excluding carboxylic acids is 1. The van der Waals surface area contributed by atoms with Crippen molar-refractivity contribution in [2.45, 2.75) is 38.0 Å². The van der Waals surface area contributed by atoms with E-state index in [1.54, 1.807) is 32.0 Å². The van der Waals surface area contributed by atoms with Gasteiger partial charge in [-0.1, -0.05) is 18.6 Å². The van der Waals surface area contributed by atoms with E-state index in [4.69, 9.17) is 0 Å². The third-order valence-corrected chi connectivity index (χ3v) is 7.10. The average Bonchev–Trinajstić information content (AvgIpc) is 2.70. The first-order valence-corrected chi connectivity index (χ1v) is 10.8. The molecule has 0 atom stereocenters. The Morgan fingerprint density at radius 3 is 2.34 bits per heavy atom. The Kier molecular flexibility index (Phi) is 5.99. The molecule has 2 aromatic carbocycles. The van der Waals surface area contributed by atoms with Gasteiger partial charge in [-0.25, -0.2) is 8.42 Å². The number of nitrogens with one attached hydrogen (secondary N) is 1. The number of rotatable bonds is 5. The highest BCUT2D eigenvalue weighted by atomic mass is 32.2. The number of non-ortho nitro benzene ring substituents is 1. The summed E-state index contributed by atoms with van der Waals surface area (Å²) in [6, 6.07) is 8.72. The van der Waals surface area contributed by atoms with E-state index >= 15 is 0 Å². The van der Waals surface area contributed by atoms with E-state index in [-0.39, 0.29) is 16.1 Å². The van der Waals surface area contributed by atoms with Crippen LogP contribution in [0.2, 0.25) is 0 Å². The topological polar surface area (TPSA) is 110 Å². The quantitative estimate of drug-likeness (QED) is 0.590. The van der Waals surface area contributed by atoms with Crippen LogP contribution in [0.5, 0.6) is 0 Å². The van der Waals surface area contributed by atoms with E-state index in [2.05, 4.69) is 5.32 Å². The van der Waals surface area contributed by atoms with Crippen LogP contribution in [-0.2, 0) is 10.0 Å². The maximum Gasteiger partial charge on any atom is 0.271 e. The number of hydrogen-bond acceptors (Lipinski definition) is 5. The standard InChI is InChI=1S/C20H23N3O5S/c1-14-7-9-17(23(25)26)13-18(14)21-20(24)16-8-6-15(2)19(12-16)29(27,28)22-10-4-3-5-11-22/h6-9,12-13H,3-5,10-11H2,1-2H3,(H,21,24). The molecule has 0 aromatic heterocycles. The van der Waals surface area contributed by atoms with Gasteiger partial charge >= 0.3 is 0 Å². The molecule has 0 radical (unpaired) electrons. The molecular weight excluding hydrogens is 394 g/mol. The van der Waals surface area contributed by atoms with Crippen LogP contribution >= 0.6 is 0 Å². The molecule has 29 heavy (non-hydrogen) atoms. The molecule has 0 aliphatic carbocycles. The lowest BCUT2D eigenvalue weighted by Gasteiger charge is -2.26. The Morgan fingerprint density at radius 2 is 1.69 bits per heavy atom. The smallest absolute Gasteiger partial charge is 0.271 e. The van der Waals surface area contributed by atoms with Crippen molar-refractivity contribution in [3.05, 3.63) is 63.2 Å². The summed E-state index contributed by atoms with van der Waals surface area (Å²) in [6.07, 6.45) is 2.66. The van der Waals surface area contributed by atoms with Gasteiger partial charge in [0, 0.05) is 30.8 Å². The largest absolute Gasteiger partial charge is 0.321 e. The minimum absolute atomic E-state index is 0.114.